The van der Waals surface area contributed by atoms with E-state index < -0.39 is 11.7 Å². The van der Waals surface area contributed by atoms with Gasteiger partial charge in [-0.05, 0) is 0 Å². The minimum absolute atomic E-state index is 0. The average Bonchev–Trinajstić information content (AvgIpc) is 1.65. The number of amides is 1. The summed E-state index contributed by atoms with van der Waals surface area (Å²) in [6, 6.07) is 0. The summed E-state index contributed by atoms with van der Waals surface area (Å²) < 4.78 is 0. The molecular formula is C3H4NNaO3. The Hall–Kier alpha value is 0.1000. The van der Waals surface area contributed by atoms with Gasteiger partial charge in [0.2, 0.25) is 5.78 Å². The van der Waals surface area contributed by atoms with Crippen molar-refractivity contribution in [1.29, 1.82) is 0 Å². The molecule has 1 amide bonds. The number of carbonyl (C=O) groups is 2. The van der Waals surface area contributed by atoms with Gasteiger partial charge in [-0.1, -0.05) is 0 Å². The predicted octanol–water partition coefficient (Wildman–Crippen LogP) is -3.81. The first-order chi connectivity index (χ1) is 3.18. The minimum atomic E-state index is -1.10. The summed E-state index contributed by atoms with van der Waals surface area (Å²) in [7, 11) is 0. The molecule has 0 aromatic heterocycles. The Balaban J connectivity index is 0. The fraction of sp³-hybridized carbons (Fsp3) is 0.333. The number of rotatable bonds is 1. The maximum atomic E-state index is 9.76. The monoisotopic (exact) mass is 125 g/mol. The van der Waals surface area contributed by atoms with Crippen LogP contribution >= 0.6 is 0 Å². The topological polar surface area (TPSA) is 69.2 Å². The minimum Gasteiger partial charge on any atom is -0.759 e. The van der Waals surface area contributed by atoms with E-state index in [1.54, 1.807) is 0 Å². The van der Waals surface area contributed by atoms with Crippen molar-refractivity contribution in [2.75, 3.05) is 0 Å². The van der Waals surface area contributed by atoms with Gasteiger partial charge >= 0.3 is 29.6 Å². The smallest absolute Gasteiger partial charge is 0.759 e. The zero-order chi connectivity index (χ0) is 5.86. The van der Waals surface area contributed by atoms with Gasteiger partial charge in [-0.25, -0.2) is 0 Å². The number of ketones is 1. The number of carbonyl (C=O) groups excluding carboxylic acids is 2. The Labute approximate surface area is 68.5 Å². The summed E-state index contributed by atoms with van der Waals surface area (Å²) in [6.45, 7) is 1.02. The Morgan fingerprint density at radius 3 is 1.88 bits per heavy atom. The van der Waals surface area contributed by atoms with E-state index in [2.05, 4.69) is 0 Å². The molecule has 1 N–H and O–H groups in total. The molecule has 0 fully saturated rings. The van der Waals surface area contributed by atoms with Crippen molar-refractivity contribution in [3.05, 3.63) is 5.21 Å². The average molecular weight is 125 g/mol. The Morgan fingerprint density at radius 1 is 1.50 bits per heavy atom. The van der Waals surface area contributed by atoms with Crippen LogP contribution in [0.3, 0.4) is 0 Å². The van der Waals surface area contributed by atoms with Crippen LogP contribution in [0.1, 0.15) is 6.92 Å². The van der Waals surface area contributed by atoms with Crippen molar-refractivity contribution < 1.29 is 39.1 Å². The van der Waals surface area contributed by atoms with E-state index in [0.29, 0.717) is 0 Å². The third-order valence-electron chi connectivity index (χ3n) is 0.412. The standard InChI is InChI=1S/C3H4NO3.Na/c1-2(5)3(6)4-7;/h1H3,(H-,4,5,6,7);/q-1;+1. The number of hydroxylamine groups is 1. The van der Waals surface area contributed by atoms with Crippen molar-refractivity contribution in [3.8, 4) is 0 Å². The molecule has 0 bridgehead atoms. The van der Waals surface area contributed by atoms with E-state index in [4.69, 9.17) is 0 Å². The SMILES string of the molecule is CC(=O)C(=O)N[O-].[Na+]. The van der Waals surface area contributed by atoms with Crippen LogP contribution < -0.4 is 35.0 Å². The van der Waals surface area contributed by atoms with Crippen LogP contribution in [0.4, 0.5) is 0 Å². The van der Waals surface area contributed by atoms with Crippen LogP contribution in [-0.2, 0) is 9.59 Å². The van der Waals surface area contributed by atoms with Crippen LogP contribution in [0.15, 0.2) is 0 Å². The first kappa shape index (κ1) is 11.0. The summed E-state index contributed by atoms with van der Waals surface area (Å²) in [5.41, 5.74) is 0.926. The first-order valence-electron chi connectivity index (χ1n) is 1.61. The third kappa shape index (κ3) is 4.26. The van der Waals surface area contributed by atoms with E-state index in [0.717, 1.165) is 12.4 Å². The molecule has 0 aromatic carbocycles. The molecule has 5 heteroatoms. The van der Waals surface area contributed by atoms with Crippen molar-refractivity contribution in [3.63, 3.8) is 0 Å². The molecule has 0 aliphatic carbocycles. The summed E-state index contributed by atoms with van der Waals surface area (Å²) in [5.74, 6) is -1.87. The van der Waals surface area contributed by atoms with Gasteiger partial charge in [0, 0.05) is 6.92 Å². The molecular weight excluding hydrogens is 121 g/mol. The van der Waals surface area contributed by atoms with Gasteiger partial charge in [0.1, 0.15) is 0 Å². The van der Waals surface area contributed by atoms with Crippen LogP contribution in [0.25, 0.3) is 0 Å². The summed E-state index contributed by atoms with van der Waals surface area (Å²) >= 11 is 0. The number of Topliss-reactive ketones (excluding diaryl/α,β-unsaturated/α-hetero) is 1. The zero-order valence-corrected chi connectivity index (χ0v) is 6.72. The molecule has 0 spiro atoms. The number of hydrogen-bond donors (Lipinski definition) is 1. The van der Waals surface area contributed by atoms with E-state index in [9.17, 15) is 14.8 Å². The largest absolute Gasteiger partial charge is 1.00 e. The molecule has 0 aliphatic heterocycles. The Bertz CT molecular complexity index is 103. The Morgan fingerprint density at radius 2 is 1.88 bits per heavy atom. The van der Waals surface area contributed by atoms with Gasteiger partial charge in [0.05, 0.1) is 0 Å². The van der Waals surface area contributed by atoms with E-state index >= 15 is 0 Å². The molecule has 0 aromatic rings. The fourth-order valence-corrected chi connectivity index (χ4v) is 0.0719. The van der Waals surface area contributed by atoms with E-state index in [1.165, 1.54) is 0 Å². The van der Waals surface area contributed by atoms with Crippen molar-refractivity contribution in [1.82, 2.24) is 5.48 Å². The van der Waals surface area contributed by atoms with Crippen LogP contribution in [0.5, 0.6) is 0 Å². The van der Waals surface area contributed by atoms with Gasteiger partial charge in [0.25, 0.3) is 5.91 Å². The van der Waals surface area contributed by atoms with E-state index in [-0.39, 0.29) is 29.6 Å². The van der Waals surface area contributed by atoms with Gasteiger partial charge < -0.3 is 10.7 Å². The molecule has 0 unspecified atom stereocenters. The Kier molecular flexibility index (Phi) is 7.19. The summed E-state index contributed by atoms with van der Waals surface area (Å²) in [6.07, 6.45) is 0. The molecule has 0 rings (SSSR count). The summed E-state index contributed by atoms with van der Waals surface area (Å²) in [4.78, 5) is 19.5. The second-order valence-electron chi connectivity index (χ2n) is 0.987. The van der Waals surface area contributed by atoms with Crippen molar-refractivity contribution in [2.24, 2.45) is 0 Å². The van der Waals surface area contributed by atoms with Crippen LogP contribution in [0.2, 0.25) is 0 Å². The molecule has 0 saturated carbocycles. The molecule has 0 heterocycles. The van der Waals surface area contributed by atoms with Gasteiger partial charge in [0.15, 0.2) is 0 Å². The summed E-state index contributed by atoms with van der Waals surface area (Å²) in [5, 5.41) is 9.25. The molecule has 0 aliphatic rings. The third-order valence-corrected chi connectivity index (χ3v) is 0.412. The second kappa shape index (κ2) is 5.24. The molecule has 0 atom stereocenters. The molecule has 8 heavy (non-hydrogen) atoms. The van der Waals surface area contributed by atoms with Gasteiger partial charge in [-0.15, -0.1) is 0 Å². The first-order valence-corrected chi connectivity index (χ1v) is 1.61. The van der Waals surface area contributed by atoms with Crippen LogP contribution in [-0.4, -0.2) is 11.7 Å². The maximum absolute atomic E-state index is 9.76. The van der Waals surface area contributed by atoms with Gasteiger partial charge in [-0.3, -0.25) is 9.59 Å². The predicted molar refractivity (Wildman–Crippen MR) is 22.2 cm³/mol. The van der Waals surface area contributed by atoms with Gasteiger partial charge in [-0.2, -0.15) is 0 Å². The molecule has 0 saturated heterocycles. The quantitative estimate of drug-likeness (QED) is 0.222. The number of nitrogens with one attached hydrogen (secondary N) is 1. The molecule has 40 valence electrons. The van der Waals surface area contributed by atoms with Crippen molar-refractivity contribution >= 4 is 11.7 Å². The number of hydrogen-bond acceptors (Lipinski definition) is 3. The fourth-order valence-electron chi connectivity index (χ4n) is 0.0719. The van der Waals surface area contributed by atoms with Crippen molar-refractivity contribution in [2.45, 2.75) is 6.92 Å². The normalized spacial score (nSPS) is 6.75. The zero-order valence-electron chi connectivity index (χ0n) is 4.72. The van der Waals surface area contributed by atoms with E-state index in [1.807, 2.05) is 0 Å². The van der Waals surface area contributed by atoms with Crippen LogP contribution in [0, 0.1) is 5.21 Å². The second-order valence-corrected chi connectivity index (χ2v) is 0.987. The molecule has 4 nitrogen and oxygen atoms in total. The maximum Gasteiger partial charge on any atom is 1.00 e. The molecule has 0 radical (unpaired) electrons.